The predicted molar refractivity (Wildman–Crippen MR) is 65.8 cm³/mol. The van der Waals surface area contributed by atoms with E-state index in [1.807, 2.05) is 0 Å². The van der Waals surface area contributed by atoms with Crippen molar-refractivity contribution in [2.45, 2.75) is 0 Å². The molecule has 6 heteroatoms. The van der Waals surface area contributed by atoms with Gasteiger partial charge in [0.15, 0.2) is 5.75 Å². The highest BCUT2D eigenvalue weighted by atomic mass is 35.5. The van der Waals surface area contributed by atoms with E-state index in [2.05, 4.69) is 12.3 Å². The third-order valence-electron chi connectivity index (χ3n) is 1.43. The van der Waals surface area contributed by atoms with Crippen molar-refractivity contribution in [1.29, 1.82) is 0 Å². The van der Waals surface area contributed by atoms with Gasteiger partial charge in [0.05, 0.1) is 15.1 Å². The lowest BCUT2D eigenvalue weighted by molar-refractivity contribution is 0.483. The van der Waals surface area contributed by atoms with Gasteiger partial charge in [0.25, 0.3) is 0 Å². The minimum absolute atomic E-state index is 0.0835. The Morgan fingerprint density at radius 1 is 0.867 bits per heavy atom. The van der Waals surface area contributed by atoms with Gasteiger partial charge in [-0.05, 0) is 0 Å². The van der Waals surface area contributed by atoms with Gasteiger partial charge < -0.3 is 4.74 Å². The Kier molecular flexibility index (Phi) is 4.66. The molecule has 0 aromatic heterocycles. The molecule has 80 valence electrons. The maximum absolute atomic E-state index is 5.86. The quantitative estimate of drug-likeness (QED) is 0.298. The zero-order valence-electron chi connectivity index (χ0n) is 7.08. The molecule has 0 heterocycles. The summed E-state index contributed by atoms with van der Waals surface area (Å²) in [6.45, 7) is 3.31. The Hall–Kier alpha value is -0.01000. The van der Waals surface area contributed by atoms with E-state index in [9.17, 15) is 0 Å². The minimum Gasteiger partial charge on any atom is -0.454 e. The Morgan fingerprint density at radius 2 is 1.27 bits per heavy atom. The molecule has 0 radical (unpaired) electrons. The molecule has 1 aromatic carbocycles. The molecule has 0 aliphatic heterocycles. The van der Waals surface area contributed by atoms with Gasteiger partial charge in [-0.15, -0.1) is 0 Å². The summed E-state index contributed by atoms with van der Waals surface area (Å²) in [5.74, 6) is 0.119. The van der Waals surface area contributed by atoms with Gasteiger partial charge in [-0.1, -0.05) is 70.3 Å². The third-order valence-corrected chi connectivity index (χ3v) is 3.67. The Morgan fingerprint density at radius 3 is 1.67 bits per heavy atom. The summed E-state index contributed by atoms with van der Waals surface area (Å²) in [6, 6.07) is 0. The van der Waals surface area contributed by atoms with E-state index in [1.165, 1.54) is 6.26 Å². The van der Waals surface area contributed by atoms with E-state index in [4.69, 9.17) is 62.7 Å². The Balaban J connectivity index is 3.44. The molecular formula is C9H3Cl5O. The molecule has 0 saturated carbocycles. The first-order valence-corrected chi connectivity index (χ1v) is 5.42. The van der Waals surface area contributed by atoms with Gasteiger partial charge in [0.1, 0.15) is 16.3 Å². The maximum Gasteiger partial charge on any atom is 0.167 e. The summed E-state index contributed by atoms with van der Waals surface area (Å²) in [5.41, 5.74) is 2.39. The van der Waals surface area contributed by atoms with Crippen LogP contribution < -0.4 is 4.74 Å². The molecule has 0 fully saturated rings. The van der Waals surface area contributed by atoms with Crippen molar-refractivity contribution < 1.29 is 4.74 Å². The van der Waals surface area contributed by atoms with Crippen LogP contribution in [-0.2, 0) is 0 Å². The first-order valence-electron chi connectivity index (χ1n) is 3.53. The normalized spacial score (nSPS) is 9.67. The van der Waals surface area contributed by atoms with Crippen LogP contribution in [0.3, 0.4) is 0 Å². The van der Waals surface area contributed by atoms with Crippen molar-refractivity contribution in [3.05, 3.63) is 43.7 Å². The second kappa shape index (κ2) is 5.36. The largest absolute Gasteiger partial charge is 0.454 e. The molecule has 0 spiro atoms. The summed E-state index contributed by atoms with van der Waals surface area (Å²) in [6.07, 6.45) is 1.17. The summed E-state index contributed by atoms with van der Waals surface area (Å²) in [4.78, 5) is 0. The van der Waals surface area contributed by atoms with Crippen molar-refractivity contribution in [3.8, 4) is 5.75 Å². The van der Waals surface area contributed by atoms with E-state index >= 15 is 0 Å². The van der Waals surface area contributed by atoms with Crippen LogP contribution in [0.2, 0.25) is 25.1 Å². The topological polar surface area (TPSA) is 9.23 Å². The molecule has 15 heavy (non-hydrogen) atoms. The number of hydrogen-bond acceptors (Lipinski definition) is 1. The van der Waals surface area contributed by atoms with E-state index in [1.54, 1.807) is 0 Å². The fourth-order valence-electron chi connectivity index (χ4n) is 0.789. The Bertz CT molecular complexity index is 419. The minimum atomic E-state index is 0.0835. The van der Waals surface area contributed by atoms with Gasteiger partial charge in [-0.3, -0.25) is 0 Å². The molecule has 0 aliphatic carbocycles. The molecule has 0 atom stereocenters. The van der Waals surface area contributed by atoms with Gasteiger partial charge >= 0.3 is 0 Å². The lowest BCUT2D eigenvalue weighted by atomic mass is 10.3. The summed E-state index contributed by atoms with van der Waals surface area (Å²) in [5, 5.41) is 0.425. The molecule has 0 saturated heterocycles. The van der Waals surface area contributed by atoms with E-state index < -0.39 is 0 Å². The highest BCUT2D eigenvalue weighted by Crippen LogP contribution is 2.48. The van der Waals surface area contributed by atoms with E-state index in [0.717, 1.165) is 0 Å². The van der Waals surface area contributed by atoms with Crippen molar-refractivity contribution in [2.24, 2.45) is 0 Å². The average molecular weight is 304 g/mol. The first-order chi connectivity index (χ1) is 7.00. The lowest BCUT2D eigenvalue weighted by Crippen LogP contribution is -1.87. The molecule has 1 aromatic rings. The number of halogens is 5. The molecule has 0 aliphatic rings. The highest BCUT2D eigenvalue weighted by Gasteiger charge is 2.19. The second-order valence-corrected chi connectivity index (χ2v) is 4.23. The van der Waals surface area contributed by atoms with Crippen LogP contribution in [-0.4, -0.2) is 0 Å². The summed E-state index contributed by atoms with van der Waals surface area (Å²) < 4.78 is 5.04. The van der Waals surface area contributed by atoms with Crippen LogP contribution in [0.4, 0.5) is 0 Å². The van der Waals surface area contributed by atoms with Gasteiger partial charge in [0, 0.05) is 0 Å². The average Bonchev–Trinajstić information content (AvgIpc) is 2.24. The molecule has 1 rings (SSSR count). The highest BCUT2D eigenvalue weighted by molar-refractivity contribution is 6.55. The molecule has 1 nitrogen and oxygen atoms in total. The molecule has 0 N–H and O–H groups in total. The second-order valence-electron chi connectivity index (χ2n) is 2.34. The van der Waals surface area contributed by atoms with Crippen molar-refractivity contribution in [2.75, 3.05) is 0 Å². The fourth-order valence-corrected chi connectivity index (χ4v) is 2.00. The number of benzene rings is 1. The lowest BCUT2D eigenvalue weighted by Gasteiger charge is -2.10. The van der Waals surface area contributed by atoms with E-state index in [-0.39, 0.29) is 30.9 Å². The van der Waals surface area contributed by atoms with Crippen molar-refractivity contribution >= 4 is 58.0 Å². The van der Waals surface area contributed by atoms with Crippen LogP contribution in [0.1, 0.15) is 0 Å². The standard InChI is InChI=1S/C9H3Cl5O/c1-2-3-15-9-7(13)5(11)4(10)6(12)8(9)14/h3H,1H2. The summed E-state index contributed by atoms with van der Waals surface area (Å²) >= 11 is 29.1. The smallest absolute Gasteiger partial charge is 0.167 e. The predicted octanol–water partition coefficient (Wildman–Crippen LogP) is 5.63. The van der Waals surface area contributed by atoms with Gasteiger partial charge in [-0.2, -0.15) is 0 Å². The van der Waals surface area contributed by atoms with Crippen LogP contribution >= 0.6 is 58.0 Å². The Labute approximate surface area is 112 Å². The van der Waals surface area contributed by atoms with E-state index in [0.29, 0.717) is 0 Å². The SMILES string of the molecule is C=C=COc1c(Cl)c(Cl)c(Cl)c(Cl)c1Cl. The zero-order chi connectivity index (χ0) is 11.6. The van der Waals surface area contributed by atoms with Crippen LogP contribution in [0, 0.1) is 0 Å². The van der Waals surface area contributed by atoms with Crippen LogP contribution in [0.15, 0.2) is 18.6 Å². The van der Waals surface area contributed by atoms with Crippen LogP contribution in [0.5, 0.6) is 5.75 Å². The van der Waals surface area contributed by atoms with Crippen LogP contribution in [0.25, 0.3) is 0 Å². The number of rotatable bonds is 2. The van der Waals surface area contributed by atoms with Crippen molar-refractivity contribution in [3.63, 3.8) is 0 Å². The maximum atomic E-state index is 5.86. The molecule has 0 bridgehead atoms. The number of ether oxygens (including phenoxy) is 1. The van der Waals surface area contributed by atoms with Gasteiger partial charge in [-0.25, -0.2) is 0 Å². The zero-order valence-corrected chi connectivity index (χ0v) is 10.9. The number of hydrogen-bond donors (Lipinski definition) is 0. The molecule has 0 unspecified atom stereocenters. The molecular weight excluding hydrogens is 301 g/mol. The fraction of sp³-hybridized carbons (Fsp3) is 0. The monoisotopic (exact) mass is 302 g/mol. The van der Waals surface area contributed by atoms with Crippen molar-refractivity contribution in [1.82, 2.24) is 0 Å². The van der Waals surface area contributed by atoms with Gasteiger partial charge in [0.2, 0.25) is 0 Å². The summed E-state index contributed by atoms with van der Waals surface area (Å²) in [7, 11) is 0. The first kappa shape index (κ1) is 13.1. The third kappa shape index (κ3) is 2.57. The molecule has 0 amide bonds.